The molecule has 0 saturated carbocycles. The number of hydrogen-bond acceptors (Lipinski definition) is 5. The molecule has 4 aromatic rings. The lowest BCUT2D eigenvalue weighted by Crippen LogP contribution is -2.26. The zero-order valence-corrected chi connectivity index (χ0v) is 18.8. The summed E-state index contributed by atoms with van der Waals surface area (Å²) in [4.78, 5) is 12.8. The topological polar surface area (TPSA) is 80.1 Å². The summed E-state index contributed by atoms with van der Waals surface area (Å²) in [6.07, 6.45) is 1.93. The third-order valence-corrected chi connectivity index (χ3v) is 6.26. The molecular formula is C27H25FN4O2. The van der Waals surface area contributed by atoms with E-state index in [1.807, 2.05) is 31.2 Å². The number of piperidine rings is 1. The van der Waals surface area contributed by atoms with Gasteiger partial charge in [0.15, 0.2) is 0 Å². The highest BCUT2D eigenvalue weighted by Gasteiger charge is 2.17. The largest absolute Gasteiger partial charge is 0.346 e. The van der Waals surface area contributed by atoms with Crippen LogP contribution in [0, 0.1) is 5.82 Å². The number of aromatic nitrogens is 2. The molecule has 1 atom stereocenters. The van der Waals surface area contributed by atoms with E-state index in [1.54, 1.807) is 18.2 Å². The molecule has 0 radical (unpaired) electrons. The van der Waals surface area contributed by atoms with E-state index in [4.69, 9.17) is 4.63 Å². The molecular weight excluding hydrogens is 431 g/mol. The van der Waals surface area contributed by atoms with Gasteiger partial charge in [0.05, 0.1) is 6.04 Å². The minimum absolute atomic E-state index is 0.187. The monoisotopic (exact) mass is 456 g/mol. The fourth-order valence-corrected chi connectivity index (χ4v) is 4.40. The molecule has 1 amide bonds. The van der Waals surface area contributed by atoms with E-state index in [0.29, 0.717) is 16.6 Å². The van der Waals surface area contributed by atoms with Crippen LogP contribution in [0.25, 0.3) is 16.6 Å². The molecule has 1 fully saturated rings. The zero-order valence-electron chi connectivity index (χ0n) is 18.8. The number of nitrogens with one attached hydrogen (secondary N) is 2. The lowest BCUT2D eigenvalue weighted by Gasteiger charge is -2.22. The second kappa shape index (κ2) is 9.57. The summed E-state index contributed by atoms with van der Waals surface area (Å²) in [6, 6.07) is 19.8. The van der Waals surface area contributed by atoms with Crippen LogP contribution in [0.3, 0.4) is 0 Å². The van der Waals surface area contributed by atoms with Crippen molar-refractivity contribution in [2.24, 2.45) is 0 Å². The molecule has 172 valence electrons. The Morgan fingerprint density at radius 3 is 2.24 bits per heavy atom. The van der Waals surface area contributed by atoms with Crippen LogP contribution in [0.15, 0.2) is 76.9 Å². The van der Waals surface area contributed by atoms with Gasteiger partial charge in [-0.05, 0) is 95.8 Å². The van der Waals surface area contributed by atoms with Crippen LogP contribution in [0.5, 0.6) is 0 Å². The first kappa shape index (κ1) is 22.0. The highest BCUT2D eigenvalue weighted by Crippen LogP contribution is 2.32. The Kier molecular flexibility index (Phi) is 6.18. The molecule has 0 bridgehead atoms. The summed E-state index contributed by atoms with van der Waals surface area (Å²) in [5, 5.41) is 14.0. The average Bonchev–Trinajstić information content (AvgIpc) is 3.34. The number of nitrogens with zero attached hydrogens (tertiary/aromatic N) is 2. The van der Waals surface area contributed by atoms with E-state index in [1.165, 1.54) is 23.3 Å². The van der Waals surface area contributed by atoms with E-state index in [-0.39, 0.29) is 17.8 Å². The van der Waals surface area contributed by atoms with Crippen LogP contribution >= 0.6 is 0 Å². The number of amides is 1. The van der Waals surface area contributed by atoms with Crippen molar-refractivity contribution in [3.05, 3.63) is 100 Å². The Morgan fingerprint density at radius 1 is 0.912 bits per heavy atom. The van der Waals surface area contributed by atoms with Crippen molar-refractivity contribution in [2.45, 2.75) is 25.8 Å². The van der Waals surface area contributed by atoms with Gasteiger partial charge in [0.1, 0.15) is 16.9 Å². The van der Waals surface area contributed by atoms with Crippen molar-refractivity contribution in [1.29, 1.82) is 0 Å². The summed E-state index contributed by atoms with van der Waals surface area (Å²) in [6.45, 7) is 3.84. The molecule has 5 rings (SSSR count). The summed E-state index contributed by atoms with van der Waals surface area (Å²) in [7, 11) is 0. The van der Waals surface area contributed by atoms with Gasteiger partial charge in [-0.3, -0.25) is 4.79 Å². The Balaban J connectivity index is 1.37. The van der Waals surface area contributed by atoms with Gasteiger partial charge in [-0.15, -0.1) is 0 Å². The Hall–Kier alpha value is -3.84. The SMILES string of the molecule is C[C@@H](NC(=O)c1ccc2nonc2c1)c1ccc(C(=C2CCNCC2)c2ccc(F)cc2)cc1. The molecule has 1 aliphatic heterocycles. The third-order valence-electron chi connectivity index (χ3n) is 6.26. The third kappa shape index (κ3) is 4.61. The molecule has 0 spiro atoms. The van der Waals surface area contributed by atoms with Crippen LogP contribution in [0.4, 0.5) is 4.39 Å². The van der Waals surface area contributed by atoms with E-state index >= 15 is 0 Å². The van der Waals surface area contributed by atoms with E-state index in [9.17, 15) is 9.18 Å². The summed E-state index contributed by atoms with van der Waals surface area (Å²) >= 11 is 0. The first-order chi connectivity index (χ1) is 16.6. The average molecular weight is 457 g/mol. The second-order valence-electron chi connectivity index (χ2n) is 8.52. The summed E-state index contributed by atoms with van der Waals surface area (Å²) < 4.78 is 18.3. The zero-order chi connectivity index (χ0) is 23.5. The van der Waals surface area contributed by atoms with E-state index < -0.39 is 0 Å². The van der Waals surface area contributed by atoms with Gasteiger partial charge in [-0.25, -0.2) is 9.02 Å². The molecule has 1 aromatic heterocycles. The van der Waals surface area contributed by atoms with Crippen molar-refractivity contribution in [2.75, 3.05) is 13.1 Å². The molecule has 0 aliphatic carbocycles. The van der Waals surface area contributed by atoms with Crippen LogP contribution in [0.2, 0.25) is 0 Å². The smallest absolute Gasteiger partial charge is 0.251 e. The Labute approximate surface area is 196 Å². The van der Waals surface area contributed by atoms with Crippen LogP contribution in [-0.2, 0) is 0 Å². The van der Waals surface area contributed by atoms with Gasteiger partial charge >= 0.3 is 0 Å². The maximum atomic E-state index is 13.6. The van der Waals surface area contributed by atoms with Crippen molar-refractivity contribution in [3.8, 4) is 0 Å². The van der Waals surface area contributed by atoms with Crippen molar-refractivity contribution < 1.29 is 13.8 Å². The number of halogens is 1. The maximum Gasteiger partial charge on any atom is 0.251 e. The number of benzene rings is 3. The lowest BCUT2D eigenvalue weighted by molar-refractivity contribution is 0.0940. The summed E-state index contributed by atoms with van der Waals surface area (Å²) in [5.41, 5.74) is 7.30. The first-order valence-corrected chi connectivity index (χ1v) is 11.4. The van der Waals surface area contributed by atoms with Crippen molar-refractivity contribution in [3.63, 3.8) is 0 Å². The minimum atomic E-state index is -0.239. The predicted molar refractivity (Wildman–Crippen MR) is 129 cm³/mol. The van der Waals surface area contributed by atoms with Gasteiger partial charge in [0.2, 0.25) is 0 Å². The molecule has 6 nitrogen and oxygen atoms in total. The van der Waals surface area contributed by atoms with Crippen LogP contribution in [-0.4, -0.2) is 29.3 Å². The maximum absolute atomic E-state index is 13.6. The summed E-state index contributed by atoms with van der Waals surface area (Å²) in [5.74, 6) is -0.428. The fraction of sp³-hybridized carbons (Fsp3) is 0.222. The number of rotatable bonds is 5. The molecule has 2 heterocycles. The Morgan fingerprint density at radius 2 is 1.53 bits per heavy atom. The van der Waals surface area contributed by atoms with Crippen molar-refractivity contribution >= 4 is 22.5 Å². The number of carbonyl (C=O) groups is 1. The molecule has 7 heteroatoms. The van der Waals surface area contributed by atoms with Gasteiger partial charge in [0, 0.05) is 5.56 Å². The normalized spacial score (nSPS) is 14.7. The number of hydrogen-bond donors (Lipinski definition) is 2. The quantitative estimate of drug-likeness (QED) is 0.440. The number of carbonyl (C=O) groups excluding carboxylic acids is 1. The highest BCUT2D eigenvalue weighted by molar-refractivity contribution is 5.97. The second-order valence-corrected chi connectivity index (χ2v) is 8.52. The van der Waals surface area contributed by atoms with Crippen molar-refractivity contribution in [1.82, 2.24) is 20.9 Å². The van der Waals surface area contributed by atoms with Gasteiger partial charge in [-0.2, -0.15) is 0 Å². The minimum Gasteiger partial charge on any atom is -0.346 e. The van der Waals surface area contributed by atoms with Crippen LogP contribution < -0.4 is 10.6 Å². The van der Waals surface area contributed by atoms with E-state index in [2.05, 4.69) is 33.1 Å². The fourth-order valence-electron chi connectivity index (χ4n) is 4.40. The molecule has 1 saturated heterocycles. The predicted octanol–water partition coefficient (Wildman–Crippen LogP) is 5.04. The molecule has 2 N–H and O–H groups in total. The first-order valence-electron chi connectivity index (χ1n) is 11.4. The van der Waals surface area contributed by atoms with Gasteiger partial charge in [0.25, 0.3) is 5.91 Å². The van der Waals surface area contributed by atoms with Crippen LogP contribution in [0.1, 0.15) is 52.9 Å². The van der Waals surface area contributed by atoms with Gasteiger partial charge < -0.3 is 10.6 Å². The number of fused-ring (bicyclic) bond motifs is 1. The van der Waals surface area contributed by atoms with E-state index in [0.717, 1.165) is 42.6 Å². The Bertz CT molecular complexity index is 1340. The molecule has 0 unspecified atom stereocenters. The molecule has 1 aliphatic rings. The molecule has 34 heavy (non-hydrogen) atoms. The highest BCUT2D eigenvalue weighted by atomic mass is 19.1. The molecule has 3 aromatic carbocycles. The lowest BCUT2D eigenvalue weighted by atomic mass is 9.88. The standard InChI is InChI=1S/C27H25FN4O2/c1-17(30-27(33)22-8-11-24-25(16-22)32-34-31-24)18-2-4-19(5-3-18)26(21-12-14-29-15-13-21)20-6-9-23(28)10-7-20/h2-11,16-17,29H,12-15H2,1H3,(H,30,33)/t17-/m1/s1. The van der Waals surface area contributed by atoms with Gasteiger partial charge in [-0.1, -0.05) is 42.0 Å².